The minimum atomic E-state index is 0.488. The van der Waals surface area contributed by atoms with E-state index in [-0.39, 0.29) is 0 Å². The first kappa shape index (κ1) is 14.5. The van der Waals surface area contributed by atoms with E-state index in [4.69, 9.17) is 0 Å². The number of rotatable bonds is 5. The molecule has 0 bridgehead atoms. The highest BCUT2D eigenvalue weighted by Crippen LogP contribution is 2.12. The summed E-state index contributed by atoms with van der Waals surface area (Å²) in [5.74, 6) is 1.07. The molecular formula is C15H20IN3. The van der Waals surface area contributed by atoms with E-state index in [0.717, 1.165) is 18.9 Å². The predicted molar refractivity (Wildman–Crippen MR) is 87.2 cm³/mol. The third-order valence-electron chi connectivity index (χ3n) is 3.08. The molecule has 0 spiro atoms. The Morgan fingerprint density at radius 3 is 2.58 bits per heavy atom. The van der Waals surface area contributed by atoms with E-state index >= 15 is 0 Å². The van der Waals surface area contributed by atoms with E-state index in [1.165, 1.54) is 14.8 Å². The van der Waals surface area contributed by atoms with Crippen molar-refractivity contribution in [2.24, 2.45) is 0 Å². The Morgan fingerprint density at radius 2 is 1.95 bits per heavy atom. The van der Waals surface area contributed by atoms with Crippen molar-refractivity contribution in [3.8, 4) is 0 Å². The highest BCUT2D eigenvalue weighted by molar-refractivity contribution is 14.1. The zero-order valence-electron chi connectivity index (χ0n) is 11.7. The monoisotopic (exact) mass is 369 g/mol. The van der Waals surface area contributed by atoms with Crippen LogP contribution in [0.1, 0.15) is 30.9 Å². The highest BCUT2D eigenvalue weighted by Gasteiger charge is 2.07. The first-order valence-electron chi connectivity index (χ1n) is 6.55. The Labute approximate surface area is 128 Å². The molecule has 1 heterocycles. The number of nitrogens with zero attached hydrogens (tertiary/aromatic N) is 2. The van der Waals surface area contributed by atoms with Gasteiger partial charge in [-0.2, -0.15) is 0 Å². The maximum Gasteiger partial charge on any atom is 0.106 e. The van der Waals surface area contributed by atoms with E-state index in [2.05, 4.69) is 82.5 Å². The lowest BCUT2D eigenvalue weighted by Gasteiger charge is -2.13. The van der Waals surface area contributed by atoms with Crippen LogP contribution in [0.3, 0.4) is 0 Å². The van der Waals surface area contributed by atoms with Crippen molar-refractivity contribution < 1.29 is 0 Å². The van der Waals surface area contributed by atoms with E-state index < -0.39 is 0 Å². The smallest absolute Gasteiger partial charge is 0.106 e. The second-order valence-corrected chi connectivity index (χ2v) is 6.29. The van der Waals surface area contributed by atoms with Crippen LogP contribution >= 0.6 is 22.6 Å². The number of nitrogens with one attached hydrogen (secondary N) is 1. The van der Waals surface area contributed by atoms with Gasteiger partial charge in [0.2, 0.25) is 0 Å². The first-order chi connectivity index (χ1) is 9.06. The van der Waals surface area contributed by atoms with Gasteiger partial charge in [0.05, 0.1) is 5.69 Å². The van der Waals surface area contributed by atoms with Crippen molar-refractivity contribution >= 4 is 22.6 Å². The van der Waals surface area contributed by atoms with Crippen LogP contribution in [-0.4, -0.2) is 15.6 Å². The van der Waals surface area contributed by atoms with E-state index in [1.807, 2.05) is 6.20 Å². The van der Waals surface area contributed by atoms with Crippen molar-refractivity contribution in [3.63, 3.8) is 0 Å². The Hall–Kier alpha value is -0.880. The molecule has 0 saturated carbocycles. The summed E-state index contributed by atoms with van der Waals surface area (Å²) < 4.78 is 3.54. The van der Waals surface area contributed by atoms with Crippen LogP contribution in [0.4, 0.5) is 0 Å². The zero-order valence-corrected chi connectivity index (χ0v) is 13.8. The molecule has 19 heavy (non-hydrogen) atoms. The first-order valence-corrected chi connectivity index (χ1v) is 7.63. The Bertz CT molecular complexity index is 529. The summed E-state index contributed by atoms with van der Waals surface area (Å²) >= 11 is 2.33. The standard InChI is InChI=1S/C15H20IN3/c1-11(2)17-8-15-9-18-12(3)19(15)10-13-4-6-14(16)7-5-13/h4-7,9,11,17H,8,10H2,1-3H3. The zero-order chi connectivity index (χ0) is 13.8. The molecule has 0 fully saturated rings. The Kier molecular flexibility index (Phi) is 4.99. The molecule has 0 unspecified atom stereocenters. The second-order valence-electron chi connectivity index (χ2n) is 5.04. The van der Waals surface area contributed by atoms with Crippen LogP contribution in [-0.2, 0) is 13.1 Å². The van der Waals surface area contributed by atoms with Crippen LogP contribution in [0.25, 0.3) is 0 Å². The van der Waals surface area contributed by atoms with E-state index in [1.54, 1.807) is 0 Å². The normalized spacial score (nSPS) is 11.2. The van der Waals surface area contributed by atoms with Crippen molar-refractivity contribution in [2.45, 2.75) is 39.9 Å². The molecule has 2 rings (SSSR count). The second kappa shape index (κ2) is 6.52. The van der Waals surface area contributed by atoms with Crippen molar-refractivity contribution in [1.82, 2.24) is 14.9 Å². The number of hydrogen-bond acceptors (Lipinski definition) is 2. The molecule has 1 aromatic carbocycles. The van der Waals surface area contributed by atoms with Gasteiger partial charge in [0.15, 0.2) is 0 Å². The molecule has 0 amide bonds. The minimum Gasteiger partial charge on any atom is -0.327 e. The summed E-state index contributed by atoms with van der Waals surface area (Å²) in [5, 5.41) is 3.45. The van der Waals surface area contributed by atoms with Gasteiger partial charge in [0.25, 0.3) is 0 Å². The molecule has 0 atom stereocenters. The molecule has 1 N–H and O–H groups in total. The topological polar surface area (TPSA) is 29.9 Å². The van der Waals surface area contributed by atoms with E-state index in [0.29, 0.717) is 6.04 Å². The van der Waals surface area contributed by atoms with Gasteiger partial charge in [0.1, 0.15) is 5.82 Å². The molecule has 3 nitrogen and oxygen atoms in total. The Balaban J connectivity index is 2.14. The van der Waals surface area contributed by atoms with Crippen LogP contribution in [0, 0.1) is 10.5 Å². The van der Waals surface area contributed by atoms with Gasteiger partial charge in [-0.15, -0.1) is 0 Å². The maximum atomic E-state index is 4.43. The lowest BCUT2D eigenvalue weighted by Crippen LogP contribution is -2.23. The summed E-state index contributed by atoms with van der Waals surface area (Å²) in [4.78, 5) is 4.43. The molecule has 102 valence electrons. The van der Waals surface area contributed by atoms with Gasteiger partial charge in [-0.25, -0.2) is 4.98 Å². The van der Waals surface area contributed by atoms with Crippen LogP contribution < -0.4 is 5.32 Å². The molecule has 0 radical (unpaired) electrons. The van der Waals surface area contributed by atoms with Gasteiger partial charge < -0.3 is 9.88 Å². The van der Waals surface area contributed by atoms with E-state index in [9.17, 15) is 0 Å². The van der Waals surface area contributed by atoms with Crippen molar-refractivity contribution in [1.29, 1.82) is 0 Å². The molecule has 0 aliphatic carbocycles. The van der Waals surface area contributed by atoms with Gasteiger partial charge in [0, 0.05) is 28.9 Å². The van der Waals surface area contributed by atoms with Crippen LogP contribution in [0.5, 0.6) is 0 Å². The lowest BCUT2D eigenvalue weighted by molar-refractivity contribution is 0.562. The number of halogens is 1. The molecule has 2 aromatic rings. The molecule has 0 aliphatic heterocycles. The van der Waals surface area contributed by atoms with Gasteiger partial charge >= 0.3 is 0 Å². The van der Waals surface area contributed by atoms with Crippen LogP contribution in [0.2, 0.25) is 0 Å². The molecule has 1 aromatic heterocycles. The third kappa shape index (κ3) is 4.04. The Morgan fingerprint density at radius 1 is 1.26 bits per heavy atom. The molecule has 0 saturated heterocycles. The van der Waals surface area contributed by atoms with Crippen LogP contribution in [0.15, 0.2) is 30.5 Å². The number of imidazole rings is 1. The summed E-state index contributed by atoms with van der Waals surface area (Å²) in [5.41, 5.74) is 2.55. The fourth-order valence-corrected chi connectivity index (χ4v) is 2.31. The van der Waals surface area contributed by atoms with Gasteiger partial charge in [-0.1, -0.05) is 26.0 Å². The summed E-state index contributed by atoms with van der Waals surface area (Å²) in [6, 6.07) is 9.14. The quantitative estimate of drug-likeness (QED) is 0.820. The number of hydrogen-bond donors (Lipinski definition) is 1. The number of aryl methyl sites for hydroxylation is 1. The summed E-state index contributed by atoms with van der Waals surface area (Å²) in [6.07, 6.45) is 1.97. The largest absolute Gasteiger partial charge is 0.327 e. The van der Waals surface area contributed by atoms with Crippen molar-refractivity contribution in [3.05, 3.63) is 51.1 Å². The lowest BCUT2D eigenvalue weighted by atomic mass is 10.2. The minimum absolute atomic E-state index is 0.488. The summed E-state index contributed by atoms with van der Waals surface area (Å²) in [7, 11) is 0. The average molecular weight is 369 g/mol. The average Bonchev–Trinajstić information content (AvgIpc) is 2.71. The predicted octanol–water partition coefficient (Wildman–Crippen LogP) is 3.34. The van der Waals surface area contributed by atoms with Gasteiger partial charge in [-0.3, -0.25) is 0 Å². The highest BCUT2D eigenvalue weighted by atomic mass is 127. The molecule has 0 aliphatic rings. The third-order valence-corrected chi connectivity index (χ3v) is 3.80. The fraction of sp³-hybridized carbons (Fsp3) is 0.400. The summed E-state index contributed by atoms with van der Waals surface area (Å²) in [6.45, 7) is 8.13. The van der Waals surface area contributed by atoms with Gasteiger partial charge in [-0.05, 0) is 47.2 Å². The number of aromatic nitrogens is 2. The number of benzene rings is 1. The fourth-order valence-electron chi connectivity index (χ4n) is 1.95. The van der Waals surface area contributed by atoms with Crippen molar-refractivity contribution in [2.75, 3.05) is 0 Å². The SMILES string of the molecule is Cc1ncc(CNC(C)C)n1Cc1ccc(I)cc1. The molecule has 4 heteroatoms. The maximum absolute atomic E-state index is 4.43. The molecular weight excluding hydrogens is 349 g/mol.